The Morgan fingerprint density at radius 3 is 2.89 bits per heavy atom. The Morgan fingerprint density at radius 1 is 1.53 bits per heavy atom. The van der Waals surface area contributed by atoms with Crippen LogP contribution in [0.4, 0.5) is 14.9 Å². The Morgan fingerprint density at radius 2 is 2.26 bits per heavy atom. The summed E-state index contributed by atoms with van der Waals surface area (Å²) >= 11 is 3.21. The van der Waals surface area contributed by atoms with Crippen molar-refractivity contribution in [3.05, 3.63) is 28.0 Å². The van der Waals surface area contributed by atoms with Gasteiger partial charge in [-0.2, -0.15) is 0 Å². The molecular formula is C12H13BrFN3O2. The second kappa shape index (κ2) is 5.56. The summed E-state index contributed by atoms with van der Waals surface area (Å²) in [7, 11) is 0. The first-order chi connectivity index (χ1) is 8.97. The molecule has 1 aliphatic heterocycles. The highest BCUT2D eigenvalue weighted by Gasteiger charge is 2.23. The highest BCUT2D eigenvalue weighted by atomic mass is 79.9. The molecule has 0 unspecified atom stereocenters. The van der Waals surface area contributed by atoms with Crippen LogP contribution in [0.1, 0.15) is 12.0 Å². The molecule has 1 aliphatic rings. The van der Waals surface area contributed by atoms with Crippen LogP contribution < -0.4 is 16.0 Å². The molecule has 1 fully saturated rings. The Labute approximate surface area is 118 Å². The topological polar surface area (TPSA) is 70.2 Å². The zero-order valence-electron chi connectivity index (χ0n) is 10.2. The number of urea groups is 1. The largest absolute Gasteiger partial charge is 0.354 e. The van der Waals surface area contributed by atoms with E-state index in [2.05, 4.69) is 31.9 Å². The van der Waals surface area contributed by atoms with E-state index in [9.17, 15) is 14.0 Å². The van der Waals surface area contributed by atoms with Gasteiger partial charge in [0.1, 0.15) is 0 Å². The SMILES string of the molecule is Cc1c(Br)ccc(NC(=O)N[C@H]2CNC(=O)C2)c1F. The van der Waals surface area contributed by atoms with Crippen LogP contribution in [-0.2, 0) is 4.79 Å². The third kappa shape index (κ3) is 3.23. The minimum Gasteiger partial charge on any atom is -0.354 e. The summed E-state index contributed by atoms with van der Waals surface area (Å²) in [6, 6.07) is 2.35. The van der Waals surface area contributed by atoms with Gasteiger partial charge in [0, 0.05) is 23.0 Å². The van der Waals surface area contributed by atoms with Crippen LogP contribution in [0.5, 0.6) is 0 Å². The van der Waals surface area contributed by atoms with Gasteiger partial charge >= 0.3 is 6.03 Å². The number of carbonyl (C=O) groups is 2. The predicted octanol–water partition coefficient (Wildman–Crippen LogP) is 1.91. The minimum atomic E-state index is -0.526. The highest BCUT2D eigenvalue weighted by Crippen LogP contribution is 2.24. The van der Waals surface area contributed by atoms with Gasteiger partial charge < -0.3 is 16.0 Å². The maximum atomic E-state index is 13.9. The lowest BCUT2D eigenvalue weighted by atomic mass is 10.2. The fraction of sp³-hybridized carbons (Fsp3) is 0.333. The number of anilines is 1. The molecule has 0 aliphatic carbocycles. The average molecular weight is 330 g/mol. The summed E-state index contributed by atoms with van der Waals surface area (Å²) in [6.45, 7) is 2.01. The zero-order valence-corrected chi connectivity index (χ0v) is 11.8. The van der Waals surface area contributed by atoms with Gasteiger partial charge in [-0.1, -0.05) is 15.9 Å². The van der Waals surface area contributed by atoms with Crippen molar-refractivity contribution in [2.24, 2.45) is 0 Å². The van der Waals surface area contributed by atoms with Crippen LogP contribution in [-0.4, -0.2) is 24.5 Å². The quantitative estimate of drug-likeness (QED) is 0.775. The van der Waals surface area contributed by atoms with Crippen LogP contribution in [0.3, 0.4) is 0 Å². The Balaban J connectivity index is 1.99. The number of benzene rings is 1. The molecule has 2 rings (SSSR count). The number of carbonyl (C=O) groups excluding carboxylic acids is 2. The number of hydrogen-bond donors (Lipinski definition) is 3. The third-order valence-electron chi connectivity index (χ3n) is 2.88. The molecular weight excluding hydrogens is 317 g/mol. The van der Waals surface area contributed by atoms with Crippen LogP contribution >= 0.6 is 15.9 Å². The van der Waals surface area contributed by atoms with E-state index in [1.807, 2.05) is 0 Å². The van der Waals surface area contributed by atoms with Gasteiger partial charge in [0.05, 0.1) is 11.7 Å². The molecule has 0 radical (unpaired) electrons. The predicted molar refractivity (Wildman–Crippen MR) is 72.4 cm³/mol. The van der Waals surface area contributed by atoms with Gasteiger partial charge in [0.25, 0.3) is 0 Å². The highest BCUT2D eigenvalue weighted by molar-refractivity contribution is 9.10. The normalized spacial score (nSPS) is 18.1. The number of nitrogens with one attached hydrogen (secondary N) is 3. The standard InChI is InChI=1S/C12H13BrFN3O2/c1-6-8(13)2-3-9(11(6)14)17-12(19)16-7-4-10(18)15-5-7/h2-3,7H,4-5H2,1H3,(H,15,18)(H2,16,17,19)/t7-/m1/s1. The molecule has 3 amide bonds. The van der Waals surface area contributed by atoms with Crippen molar-refractivity contribution < 1.29 is 14.0 Å². The van der Waals surface area contributed by atoms with Crippen molar-refractivity contribution in [2.45, 2.75) is 19.4 Å². The van der Waals surface area contributed by atoms with Crippen LogP contribution in [0.25, 0.3) is 0 Å². The van der Waals surface area contributed by atoms with E-state index in [0.29, 0.717) is 16.6 Å². The summed E-state index contributed by atoms with van der Waals surface area (Å²) < 4.78 is 14.5. The Bertz CT molecular complexity index is 536. The maximum Gasteiger partial charge on any atom is 0.319 e. The van der Waals surface area contributed by atoms with Gasteiger partial charge in [-0.05, 0) is 19.1 Å². The molecule has 1 atom stereocenters. The molecule has 5 nitrogen and oxygen atoms in total. The lowest BCUT2D eigenvalue weighted by Crippen LogP contribution is -2.39. The molecule has 1 aromatic carbocycles. The number of halogens is 2. The van der Waals surface area contributed by atoms with E-state index < -0.39 is 11.8 Å². The third-order valence-corrected chi connectivity index (χ3v) is 3.74. The van der Waals surface area contributed by atoms with Crippen molar-refractivity contribution in [3.63, 3.8) is 0 Å². The zero-order chi connectivity index (χ0) is 14.0. The number of amides is 3. The molecule has 1 heterocycles. The van der Waals surface area contributed by atoms with E-state index in [1.165, 1.54) is 6.07 Å². The lowest BCUT2D eigenvalue weighted by molar-refractivity contribution is -0.119. The van der Waals surface area contributed by atoms with Gasteiger partial charge in [0.15, 0.2) is 5.82 Å². The molecule has 1 aromatic rings. The molecule has 0 bridgehead atoms. The average Bonchev–Trinajstić information content (AvgIpc) is 2.75. The molecule has 1 saturated heterocycles. The molecule has 0 saturated carbocycles. The number of hydrogen-bond acceptors (Lipinski definition) is 2. The van der Waals surface area contributed by atoms with Crippen LogP contribution in [0.2, 0.25) is 0 Å². The smallest absolute Gasteiger partial charge is 0.319 e. The van der Waals surface area contributed by atoms with Gasteiger partial charge in [-0.25, -0.2) is 9.18 Å². The molecule has 19 heavy (non-hydrogen) atoms. The van der Waals surface area contributed by atoms with Gasteiger partial charge in [-0.15, -0.1) is 0 Å². The van der Waals surface area contributed by atoms with Crippen LogP contribution in [0.15, 0.2) is 16.6 Å². The van der Waals surface area contributed by atoms with Crippen molar-refractivity contribution in [3.8, 4) is 0 Å². The van der Waals surface area contributed by atoms with Gasteiger partial charge in [0.2, 0.25) is 5.91 Å². The summed E-state index contributed by atoms with van der Waals surface area (Å²) in [6.07, 6.45) is 0.245. The fourth-order valence-corrected chi connectivity index (χ4v) is 2.12. The minimum absolute atomic E-state index is 0.101. The molecule has 0 spiro atoms. The molecule has 7 heteroatoms. The fourth-order valence-electron chi connectivity index (χ4n) is 1.81. The first-order valence-corrected chi connectivity index (χ1v) is 6.55. The summed E-state index contributed by atoms with van der Waals surface area (Å²) in [4.78, 5) is 22.7. The molecule has 3 N–H and O–H groups in total. The first-order valence-electron chi connectivity index (χ1n) is 5.76. The summed E-state index contributed by atoms with van der Waals surface area (Å²) in [5.74, 6) is -0.582. The number of rotatable bonds is 2. The molecule has 102 valence electrons. The Kier molecular flexibility index (Phi) is 4.04. The lowest BCUT2D eigenvalue weighted by Gasteiger charge is -2.13. The second-order valence-electron chi connectivity index (χ2n) is 4.34. The summed E-state index contributed by atoms with van der Waals surface area (Å²) in [5.41, 5.74) is 0.533. The maximum absolute atomic E-state index is 13.9. The van der Waals surface area contributed by atoms with Crippen molar-refractivity contribution in [1.29, 1.82) is 0 Å². The van der Waals surface area contributed by atoms with E-state index in [4.69, 9.17) is 0 Å². The monoisotopic (exact) mass is 329 g/mol. The van der Waals surface area contributed by atoms with E-state index in [-0.39, 0.29) is 24.1 Å². The van der Waals surface area contributed by atoms with Gasteiger partial charge in [-0.3, -0.25) is 4.79 Å². The van der Waals surface area contributed by atoms with E-state index in [1.54, 1.807) is 13.0 Å². The van der Waals surface area contributed by atoms with Crippen molar-refractivity contribution >= 4 is 33.6 Å². The van der Waals surface area contributed by atoms with Crippen molar-refractivity contribution in [2.75, 3.05) is 11.9 Å². The second-order valence-corrected chi connectivity index (χ2v) is 5.19. The molecule has 0 aromatic heterocycles. The van der Waals surface area contributed by atoms with E-state index >= 15 is 0 Å². The first kappa shape index (κ1) is 13.8. The van der Waals surface area contributed by atoms with Crippen molar-refractivity contribution in [1.82, 2.24) is 10.6 Å². The van der Waals surface area contributed by atoms with E-state index in [0.717, 1.165) is 0 Å². The Hall–Kier alpha value is -1.63. The van der Waals surface area contributed by atoms with Crippen LogP contribution in [0, 0.1) is 12.7 Å². The summed E-state index contributed by atoms with van der Waals surface area (Å²) in [5, 5.41) is 7.65.